The molecular formula is C18H22N4O3. The molecule has 1 aromatic carbocycles. The third-order valence-electron chi connectivity index (χ3n) is 4.48. The fourth-order valence-electron chi connectivity index (χ4n) is 2.93. The monoisotopic (exact) mass is 342 g/mol. The maximum absolute atomic E-state index is 12.1. The second-order valence-electron chi connectivity index (χ2n) is 6.32. The fraction of sp³-hybridized carbons (Fsp3) is 0.389. The number of carbonyl (C=O) groups excluding carboxylic acids is 2. The molecule has 1 aliphatic rings. The Morgan fingerprint density at radius 2 is 2.16 bits per heavy atom. The van der Waals surface area contributed by atoms with Crippen LogP contribution in [-0.4, -0.2) is 17.1 Å². The van der Waals surface area contributed by atoms with Gasteiger partial charge in [0.2, 0.25) is 5.91 Å². The first-order valence-corrected chi connectivity index (χ1v) is 8.33. The average Bonchev–Trinajstić information content (AvgIpc) is 2.90. The second kappa shape index (κ2) is 6.96. The van der Waals surface area contributed by atoms with Gasteiger partial charge in [0.1, 0.15) is 5.76 Å². The lowest BCUT2D eigenvalue weighted by molar-refractivity contribution is -0.116. The number of urea groups is 1. The quantitative estimate of drug-likeness (QED) is 0.796. The van der Waals surface area contributed by atoms with Gasteiger partial charge < -0.3 is 20.5 Å². The molecule has 1 aromatic heterocycles. The molecule has 3 rings (SSSR count). The number of aromatic nitrogens is 1. The van der Waals surface area contributed by atoms with Crippen molar-refractivity contribution in [2.45, 2.75) is 46.2 Å². The van der Waals surface area contributed by atoms with Crippen LogP contribution in [0.4, 0.5) is 10.5 Å². The van der Waals surface area contributed by atoms with E-state index >= 15 is 0 Å². The Balaban J connectivity index is 1.59. The van der Waals surface area contributed by atoms with Crippen LogP contribution in [0.25, 0.3) is 0 Å². The molecule has 0 spiro atoms. The second-order valence-corrected chi connectivity index (χ2v) is 6.32. The molecule has 7 heteroatoms. The zero-order chi connectivity index (χ0) is 18.0. The van der Waals surface area contributed by atoms with Crippen LogP contribution >= 0.6 is 0 Å². The zero-order valence-electron chi connectivity index (χ0n) is 14.6. The van der Waals surface area contributed by atoms with Gasteiger partial charge in [-0.15, -0.1) is 0 Å². The number of nitrogens with zero attached hydrogens (tertiary/aromatic N) is 1. The first-order valence-electron chi connectivity index (χ1n) is 8.33. The van der Waals surface area contributed by atoms with Gasteiger partial charge in [0.15, 0.2) is 0 Å². The Labute approximate surface area is 146 Å². The number of fused-ring (bicyclic) bond motifs is 1. The Morgan fingerprint density at radius 3 is 2.88 bits per heavy atom. The van der Waals surface area contributed by atoms with Crippen molar-refractivity contribution in [3.63, 3.8) is 0 Å². The molecule has 2 aromatic rings. The third-order valence-corrected chi connectivity index (χ3v) is 4.48. The van der Waals surface area contributed by atoms with E-state index in [4.69, 9.17) is 4.52 Å². The van der Waals surface area contributed by atoms with Crippen molar-refractivity contribution >= 4 is 17.6 Å². The molecule has 25 heavy (non-hydrogen) atoms. The highest BCUT2D eigenvalue weighted by Crippen LogP contribution is 2.26. The van der Waals surface area contributed by atoms with Crippen LogP contribution in [-0.2, 0) is 17.8 Å². The van der Waals surface area contributed by atoms with E-state index in [0.29, 0.717) is 18.7 Å². The van der Waals surface area contributed by atoms with Gasteiger partial charge in [0, 0.05) is 24.2 Å². The minimum atomic E-state index is -0.251. The molecule has 3 amide bonds. The number of rotatable bonds is 4. The summed E-state index contributed by atoms with van der Waals surface area (Å²) >= 11 is 0. The summed E-state index contributed by atoms with van der Waals surface area (Å²) in [5.41, 5.74) is 4.63. The van der Waals surface area contributed by atoms with Crippen LogP contribution in [0.1, 0.15) is 47.5 Å². The van der Waals surface area contributed by atoms with Gasteiger partial charge in [-0.25, -0.2) is 4.79 Å². The highest BCUT2D eigenvalue weighted by Gasteiger charge is 2.17. The van der Waals surface area contributed by atoms with Crippen LogP contribution in [0, 0.1) is 13.8 Å². The molecule has 132 valence electrons. The Bertz CT molecular complexity index is 793. The Hall–Kier alpha value is -2.83. The van der Waals surface area contributed by atoms with E-state index in [9.17, 15) is 9.59 Å². The summed E-state index contributed by atoms with van der Waals surface area (Å²) < 4.78 is 5.09. The van der Waals surface area contributed by atoms with E-state index in [-0.39, 0.29) is 18.0 Å². The van der Waals surface area contributed by atoms with Gasteiger partial charge in [0.05, 0.1) is 11.7 Å². The van der Waals surface area contributed by atoms with Crippen LogP contribution in [0.15, 0.2) is 22.7 Å². The van der Waals surface area contributed by atoms with Crippen molar-refractivity contribution in [3.05, 3.63) is 46.3 Å². The molecular weight excluding hydrogens is 320 g/mol. The minimum absolute atomic E-state index is 0.0464. The summed E-state index contributed by atoms with van der Waals surface area (Å²) in [7, 11) is 0. The summed E-state index contributed by atoms with van der Waals surface area (Å²) in [5, 5.41) is 12.5. The van der Waals surface area contributed by atoms with E-state index in [2.05, 4.69) is 21.1 Å². The van der Waals surface area contributed by atoms with Crippen LogP contribution in [0.3, 0.4) is 0 Å². The molecule has 7 nitrogen and oxygen atoms in total. The highest BCUT2D eigenvalue weighted by molar-refractivity contribution is 5.93. The summed E-state index contributed by atoms with van der Waals surface area (Å²) in [6.45, 7) is 5.97. The maximum Gasteiger partial charge on any atom is 0.315 e. The molecule has 0 saturated heterocycles. The standard InChI is InChI=1S/C18H22N4O3/c1-10(13-4-6-16-14(8-13)5-7-17(23)21-16)20-18(24)19-9-15-11(2)22-25-12(15)3/h4,6,8,10H,5,7,9H2,1-3H3,(H,21,23)(H2,19,20,24). The summed E-state index contributed by atoms with van der Waals surface area (Å²) in [6.07, 6.45) is 1.22. The predicted octanol–water partition coefficient (Wildman–Crippen LogP) is 2.74. The lowest BCUT2D eigenvalue weighted by Gasteiger charge is -2.20. The molecule has 0 radical (unpaired) electrons. The molecule has 0 fully saturated rings. The lowest BCUT2D eigenvalue weighted by atomic mass is 9.98. The topological polar surface area (TPSA) is 96.3 Å². The summed E-state index contributed by atoms with van der Waals surface area (Å²) in [5.74, 6) is 0.757. The van der Waals surface area contributed by atoms with Gasteiger partial charge in [-0.1, -0.05) is 17.3 Å². The minimum Gasteiger partial charge on any atom is -0.361 e. The normalized spacial score (nSPS) is 14.4. The van der Waals surface area contributed by atoms with Crippen molar-refractivity contribution in [2.24, 2.45) is 0 Å². The SMILES string of the molecule is Cc1noc(C)c1CNC(=O)NC(C)c1ccc2c(c1)CCC(=O)N2. The largest absolute Gasteiger partial charge is 0.361 e. The smallest absolute Gasteiger partial charge is 0.315 e. The van der Waals surface area contributed by atoms with Crippen molar-refractivity contribution in [2.75, 3.05) is 5.32 Å². The molecule has 1 atom stereocenters. The van der Waals surface area contributed by atoms with E-state index in [0.717, 1.165) is 34.5 Å². The average molecular weight is 342 g/mol. The number of aryl methyl sites for hydroxylation is 3. The first-order chi connectivity index (χ1) is 11.9. The van der Waals surface area contributed by atoms with Crippen LogP contribution in [0.5, 0.6) is 0 Å². The predicted molar refractivity (Wildman–Crippen MR) is 93.2 cm³/mol. The van der Waals surface area contributed by atoms with Crippen LogP contribution < -0.4 is 16.0 Å². The molecule has 3 N–H and O–H groups in total. The number of nitrogens with one attached hydrogen (secondary N) is 3. The van der Waals surface area contributed by atoms with Crippen LogP contribution in [0.2, 0.25) is 0 Å². The molecule has 0 aliphatic carbocycles. The van der Waals surface area contributed by atoms with Crippen molar-refractivity contribution in [1.29, 1.82) is 0 Å². The number of carbonyl (C=O) groups is 2. The van der Waals surface area contributed by atoms with Gasteiger partial charge in [-0.2, -0.15) is 0 Å². The Morgan fingerprint density at radius 1 is 1.36 bits per heavy atom. The molecule has 2 heterocycles. The number of benzene rings is 1. The summed E-state index contributed by atoms with van der Waals surface area (Å²) in [4.78, 5) is 23.6. The fourth-order valence-corrected chi connectivity index (χ4v) is 2.93. The number of amides is 3. The van der Waals surface area contributed by atoms with Gasteiger partial charge >= 0.3 is 6.03 Å². The first kappa shape index (κ1) is 17.0. The van der Waals surface area contributed by atoms with Gasteiger partial charge in [-0.3, -0.25) is 4.79 Å². The highest BCUT2D eigenvalue weighted by atomic mass is 16.5. The molecule has 1 unspecified atom stereocenters. The number of anilines is 1. The van der Waals surface area contributed by atoms with Crippen molar-refractivity contribution < 1.29 is 14.1 Å². The third kappa shape index (κ3) is 3.81. The van der Waals surface area contributed by atoms with Crippen molar-refractivity contribution in [3.8, 4) is 0 Å². The van der Waals surface area contributed by atoms with Gasteiger partial charge in [-0.05, 0) is 44.4 Å². The number of hydrogen-bond acceptors (Lipinski definition) is 4. The van der Waals surface area contributed by atoms with Crippen molar-refractivity contribution in [1.82, 2.24) is 15.8 Å². The van der Waals surface area contributed by atoms with E-state index in [1.807, 2.05) is 39.0 Å². The molecule has 1 aliphatic heterocycles. The number of hydrogen-bond donors (Lipinski definition) is 3. The van der Waals surface area contributed by atoms with Gasteiger partial charge in [0.25, 0.3) is 0 Å². The van der Waals surface area contributed by atoms with E-state index in [1.54, 1.807) is 0 Å². The van der Waals surface area contributed by atoms with E-state index in [1.165, 1.54) is 0 Å². The summed E-state index contributed by atoms with van der Waals surface area (Å²) in [6, 6.07) is 5.45. The lowest BCUT2D eigenvalue weighted by Crippen LogP contribution is -2.36. The Kier molecular flexibility index (Phi) is 4.74. The molecule has 0 saturated carbocycles. The maximum atomic E-state index is 12.1. The van der Waals surface area contributed by atoms with E-state index < -0.39 is 0 Å². The zero-order valence-corrected chi connectivity index (χ0v) is 14.6. The molecule has 0 bridgehead atoms.